The minimum absolute atomic E-state index is 0. The van der Waals surface area contributed by atoms with Crippen LogP contribution in [0.4, 0.5) is 10.5 Å². The normalized spacial score (nSPS) is 13.0. The van der Waals surface area contributed by atoms with E-state index in [4.69, 9.17) is 43.4 Å². The number of aliphatic hydroxyl groups is 4. The van der Waals surface area contributed by atoms with Crippen LogP contribution in [0.15, 0.2) is 158 Å². The Morgan fingerprint density at radius 1 is 0.569 bits per heavy atom. The molecule has 0 saturated carbocycles. The number of carbonyl (C=O) groups excluding carboxylic acids is 5. The average molecular weight is 1700 g/mol. The number of azo groups is 1. The van der Waals surface area contributed by atoms with E-state index in [1.54, 1.807) is 48.7 Å². The van der Waals surface area contributed by atoms with Gasteiger partial charge in [-0.3, -0.25) is 68.4 Å². The number of guanidine groups is 1. The summed E-state index contributed by atoms with van der Waals surface area (Å²) in [6.45, 7) is -1.64. The molecule has 0 bridgehead atoms. The fourth-order valence-corrected chi connectivity index (χ4v) is 13.8. The van der Waals surface area contributed by atoms with Gasteiger partial charge < -0.3 is 90.6 Å². The number of hydrogen-bond donors (Lipinski definition) is 23. The zero-order chi connectivity index (χ0) is 79.9. The van der Waals surface area contributed by atoms with E-state index < -0.39 is 182 Å². The second kappa shape index (κ2) is 50.8. The van der Waals surface area contributed by atoms with Gasteiger partial charge >= 0.3 is 73.6 Å². The molecule has 5 rings (SSSR count). The molecule has 0 aliphatic rings. The Balaban J connectivity index is 0.000000963. The number of urea groups is 1. The van der Waals surface area contributed by atoms with Gasteiger partial charge in [0.25, 0.3) is 30.4 Å². The van der Waals surface area contributed by atoms with Gasteiger partial charge in [0.15, 0.2) is 5.96 Å². The second-order valence-corrected chi connectivity index (χ2v) is 29.1. The van der Waals surface area contributed by atoms with Crippen LogP contribution in [0.25, 0.3) is 0 Å². The van der Waals surface area contributed by atoms with E-state index in [1.807, 2.05) is 0 Å². The minimum Gasteiger partial charge on any atom is -0.481 e. The molecule has 2 unspecified atom stereocenters. The number of carboxylic acid groups (broad SMARTS) is 3. The number of aromatic nitrogens is 1. The third kappa shape index (κ3) is 37.1. The molecule has 6 atom stereocenters. The molecule has 1 radical (unpaired) electrons. The quantitative estimate of drug-likeness (QED) is 0.00252. The van der Waals surface area contributed by atoms with Gasteiger partial charge in [-0.2, -0.15) is 25.3 Å². The van der Waals surface area contributed by atoms with Gasteiger partial charge in [-0.05, 0) is 136 Å². The SMILES string of the molecule is NC(C(=O)O)C(CO)C(NCO)(NCO)NCO.NC(N)=NCCC[C@H](NC(=O)CNC(=O)[C@@H](CC(=O)O)NC(=O)[C@H](N)Cc1ccccc1)C(=O)N[C@@H](CCCCNCCCNC(=O)N=Nc1cccnc1)C(=O)O.O=S(=O)(O)c1cccc(P(c2cccc(S(=O)(=O)O)c2)c2cccc(S(=O)(=O)O)c2)c1.[99Tc+4].[Na+]. The number of nitrogens with one attached hydrogen (secondary N) is 9. The fourth-order valence-electron chi connectivity index (χ4n) is 9.59. The van der Waals surface area contributed by atoms with E-state index in [-0.39, 0.29) is 87.9 Å². The van der Waals surface area contributed by atoms with Crippen molar-refractivity contribution in [3.8, 4) is 0 Å². The van der Waals surface area contributed by atoms with Crippen LogP contribution < -0.4 is 116 Å². The molecule has 6 amide bonds. The number of nitrogens with two attached hydrogens (primary N) is 4. The number of hydrogen-bond acceptors (Lipinski definition) is 27. The average Bonchev–Trinajstić information content (AvgIpc) is 0.786. The molecule has 591 valence electrons. The molecule has 4 aromatic carbocycles. The molecule has 0 aliphatic carbocycles. The van der Waals surface area contributed by atoms with Gasteiger partial charge in [0.1, 0.15) is 35.6 Å². The van der Waals surface area contributed by atoms with Gasteiger partial charge in [-0.15, -0.1) is 5.11 Å². The van der Waals surface area contributed by atoms with Crippen molar-refractivity contribution in [1.82, 2.24) is 52.8 Å². The zero-order valence-electron chi connectivity index (χ0n) is 58.4. The summed E-state index contributed by atoms with van der Waals surface area (Å²) in [4.78, 5) is 104. The number of aliphatic imine (C=N–C) groups is 1. The summed E-state index contributed by atoms with van der Waals surface area (Å²) in [7, 11) is -15.4. The molecule has 41 nitrogen and oxygen atoms in total. The minimum atomic E-state index is -4.55. The standard InChI is InChI=1S/C36H53N13O9.C18H15O9PS3.C8H20N4O6.Na.Tc/c37-25(19-23-9-2-1-3-10-23)31(53)47-28(20-30(51)52)32(54)44-22-29(50)45-26(13-7-17-42-35(38)39)33(55)46-27(34(56)57)12-4-5-14-40-16-8-18-43-36(58)49-48-24-11-6-15-41-21-24;19-29(20,21)16-7-1-4-13(10-16)28(14-5-2-8-17(11-14)30(22,23)24)15-6-3-9-18(12-15)31(25,26)27;9-6(7(17)18)5(1-13)8(10-2-14,11-3-15)12-4-16;;/h1-3,6,9-11,15,21,25-28,40H,4-5,7-8,12-14,16-20,22,37H2,(H,43,58)(H,44,54)(H,45,50)(H,46,55)(H,47,53)(H,51,52)(H,56,57)(H4,38,39,42);1-12H,(H,19,20,21)(H,22,23,24)(H,25,26,27);5-6,10-16H,1-4,9H2,(H,17,18);;/q;;;+1;+4/t25-,26+,27+,28-;;;;/m1..../s1/i;;;;1+1. The number of aliphatic hydroxyl groups excluding tert-OH is 4. The number of carboxylic acids is 3. The summed E-state index contributed by atoms with van der Waals surface area (Å²) in [6.07, 6.45) is 4.25. The van der Waals surface area contributed by atoms with Crippen molar-refractivity contribution >= 4 is 113 Å². The molecule has 27 N–H and O–H groups in total. The van der Waals surface area contributed by atoms with E-state index in [2.05, 4.69) is 68.1 Å². The van der Waals surface area contributed by atoms with Crippen molar-refractivity contribution in [2.45, 2.75) is 102 Å². The zero-order valence-corrected chi connectivity index (χ0v) is 65.6. The third-order valence-electron chi connectivity index (χ3n) is 14.8. The smallest absolute Gasteiger partial charge is 0.481 e. The van der Waals surface area contributed by atoms with Crippen molar-refractivity contribution < 1.29 is 163 Å². The van der Waals surface area contributed by atoms with Crippen LogP contribution in [0.3, 0.4) is 0 Å². The molecule has 0 spiro atoms. The maximum absolute atomic E-state index is 13.3. The first-order valence-electron chi connectivity index (χ1n) is 32.0. The first-order valence-corrected chi connectivity index (χ1v) is 37.6. The largest absolute Gasteiger partial charge is 4.00 e. The van der Waals surface area contributed by atoms with Crippen molar-refractivity contribution in [1.29, 1.82) is 0 Å². The summed E-state index contributed by atoms with van der Waals surface area (Å²) < 4.78 is 97.7. The Bertz CT molecular complexity index is 3960. The maximum Gasteiger partial charge on any atom is 4.00 e. The molecule has 47 heteroatoms. The van der Waals surface area contributed by atoms with Gasteiger partial charge in [-0.1, -0.05) is 71.8 Å². The number of unbranched alkanes of at least 4 members (excludes halogenated alkanes) is 1. The summed E-state index contributed by atoms with van der Waals surface area (Å²) in [5.41, 5.74) is 23.3. The Morgan fingerprint density at radius 3 is 1.54 bits per heavy atom. The van der Waals surface area contributed by atoms with E-state index in [0.717, 1.165) is 23.8 Å². The van der Waals surface area contributed by atoms with Crippen LogP contribution in [0, 0.1) is 5.92 Å². The molecule has 1 aromatic heterocycles. The first-order chi connectivity index (χ1) is 50.5. The summed E-state index contributed by atoms with van der Waals surface area (Å²) in [5.74, 6) is -10.5. The number of pyridine rings is 1. The molecule has 5 aromatic rings. The number of aliphatic carboxylic acids is 3. The van der Waals surface area contributed by atoms with Crippen molar-refractivity contribution in [2.75, 3.05) is 59.5 Å². The molecule has 0 aliphatic heterocycles. The number of rotatable bonds is 43. The van der Waals surface area contributed by atoms with Crippen molar-refractivity contribution in [2.24, 2.45) is 44.1 Å². The predicted molar refractivity (Wildman–Crippen MR) is 384 cm³/mol. The van der Waals surface area contributed by atoms with Crippen molar-refractivity contribution in [3.05, 3.63) is 133 Å². The van der Waals surface area contributed by atoms with Crippen LogP contribution in [-0.4, -0.2) is 229 Å². The van der Waals surface area contributed by atoms with E-state index in [1.165, 1.54) is 60.8 Å². The van der Waals surface area contributed by atoms with Crippen LogP contribution in [0.2, 0.25) is 0 Å². The Labute approximate surface area is 663 Å². The van der Waals surface area contributed by atoms with E-state index in [9.17, 15) is 92.6 Å². The fraction of sp³-hybridized carbons (Fsp3) is 0.387. The molecule has 109 heavy (non-hydrogen) atoms. The molecule has 0 saturated heterocycles. The summed E-state index contributed by atoms with van der Waals surface area (Å²) >= 11 is 0. The van der Waals surface area contributed by atoms with Gasteiger partial charge in [-0.25, -0.2) is 9.59 Å². The Kier molecular flexibility index (Phi) is 46.2. The predicted octanol–water partition coefficient (Wildman–Crippen LogP) is -7.76. The van der Waals surface area contributed by atoms with Gasteiger partial charge in [0.2, 0.25) is 23.6 Å². The van der Waals surface area contributed by atoms with Crippen LogP contribution in [0.1, 0.15) is 50.5 Å². The molecular formula is C62H88N17NaO24PS3Tc+5. The molecule has 0 fully saturated rings. The number of carbonyl (C=O) groups is 8. The van der Waals surface area contributed by atoms with Crippen LogP contribution in [-0.2, 0) is 90.4 Å². The second-order valence-electron chi connectivity index (χ2n) is 22.6. The molecular weight excluding hydrogens is 1620 g/mol. The number of nitrogens with zero attached hydrogens (tertiary/aromatic N) is 4. The topological polar surface area (TPSA) is 704 Å². The van der Waals surface area contributed by atoms with Gasteiger partial charge in [0.05, 0.1) is 72.6 Å². The van der Waals surface area contributed by atoms with Gasteiger partial charge in [0, 0.05) is 19.3 Å². The summed E-state index contributed by atoms with van der Waals surface area (Å²) in [6, 6.07) is 20.6. The van der Waals surface area contributed by atoms with Crippen molar-refractivity contribution in [3.63, 3.8) is 0 Å². The number of benzene rings is 4. The van der Waals surface area contributed by atoms with E-state index in [0.29, 0.717) is 60.5 Å². The Hall–Kier alpha value is -7.93. The maximum atomic E-state index is 13.3. The van der Waals surface area contributed by atoms with Crippen LogP contribution >= 0.6 is 7.92 Å². The number of amides is 6. The summed E-state index contributed by atoms with van der Waals surface area (Å²) in [5, 5.41) is 94.7. The Morgan fingerprint density at radius 2 is 1.08 bits per heavy atom. The monoisotopic (exact) mass is 1700 g/mol. The van der Waals surface area contributed by atoms with E-state index >= 15 is 0 Å². The van der Waals surface area contributed by atoms with Crippen LogP contribution in [0.5, 0.6) is 0 Å². The third-order valence-corrected chi connectivity index (χ3v) is 19.7. The first kappa shape index (κ1) is 99.1. The molecule has 1 heterocycles.